The van der Waals surface area contributed by atoms with Crippen LogP contribution >= 0.6 is 0 Å². The van der Waals surface area contributed by atoms with Gasteiger partial charge in [0.15, 0.2) is 0 Å². The molecule has 4 amide bonds. The topological polar surface area (TPSA) is 96.5 Å². The molecule has 0 saturated carbocycles. The van der Waals surface area contributed by atoms with Crippen LogP contribution in [0.5, 0.6) is 0 Å². The van der Waals surface area contributed by atoms with Crippen molar-refractivity contribution in [1.29, 1.82) is 0 Å². The lowest BCUT2D eigenvalue weighted by Crippen LogP contribution is -2.48. The lowest BCUT2D eigenvalue weighted by atomic mass is 10.2. The first-order chi connectivity index (χ1) is 9.43. The maximum absolute atomic E-state index is 11.9. The number of hydrogen-bond acceptors (Lipinski definition) is 4. The zero-order chi connectivity index (χ0) is 15.1. The third-order valence-corrected chi connectivity index (χ3v) is 2.54. The molecule has 108 valence electrons. The largest absolute Gasteiger partial charge is 0.453 e. The van der Waals surface area contributed by atoms with Crippen LogP contribution in [0.3, 0.4) is 0 Å². The summed E-state index contributed by atoms with van der Waals surface area (Å²) in [5.74, 6) is -0.390. The molecule has 0 bridgehead atoms. The van der Waals surface area contributed by atoms with Crippen LogP contribution in [-0.2, 0) is 9.53 Å². The summed E-state index contributed by atoms with van der Waals surface area (Å²) in [6, 6.07) is 5.66. The minimum Gasteiger partial charge on any atom is -0.453 e. The normalized spacial score (nSPS) is 11.2. The summed E-state index contributed by atoms with van der Waals surface area (Å²) in [5, 5.41) is 6.91. The number of hydrogen-bond donors (Lipinski definition) is 3. The molecule has 1 aromatic rings. The van der Waals surface area contributed by atoms with Crippen molar-refractivity contribution in [2.75, 3.05) is 12.4 Å². The van der Waals surface area contributed by atoms with E-state index >= 15 is 0 Å². The van der Waals surface area contributed by atoms with Crippen LogP contribution < -0.4 is 16.0 Å². The first kappa shape index (κ1) is 15.5. The molecule has 1 rings (SSSR count). The molecule has 1 aromatic carbocycles. The molecular weight excluding hydrogens is 262 g/mol. The van der Waals surface area contributed by atoms with Crippen molar-refractivity contribution >= 4 is 23.7 Å². The average molecular weight is 279 g/mol. The standard InChI is InChI=1S/C13H17N3O4/c1-8-6-4-5-7-10(8)15-11(17)9(2)14-12(18)16-13(19)20-3/h4-7,9H,1-3H3,(H,15,17)(H2,14,16,18,19). The lowest BCUT2D eigenvalue weighted by molar-refractivity contribution is -0.117. The summed E-state index contributed by atoms with van der Waals surface area (Å²) in [5.41, 5.74) is 1.58. The van der Waals surface area contributed by atoms with Gasteiger partial charge in [-0.1, -0.05) is 18.2 Å². The summed E-state index contributed by atoms with van der Waals surface area (Å²) in [6.07, 6.45) is -0.894. The van der Waals surface area contributed by atoms with Gasteiger partial charge in [0.1, 0.15) is 6.04 Å². The maximum Gasteiger partial charge on any atom is 0.415 e. The number of rotatable bonds is 3. The molecule has 0 fully saturated rings. The van der Waals surface area contributed by atoms with Crippen LogP contribution in [0, 0.1) is 6.92 Å². The SMILES string of the molecule is COC(=O)NC(=O)NC(C)C(=O)Nc1ccccc1C. The molecule has 0 aliphatic rings. The number of urea groups is 1. The first-order valence-electron chi connectivity index (χ1n) is 5.96. The van der Waals surface area contributed by atoms with Gasteiger partial charge in [0, 0.05) is 5.69 Å². The Hall–Kier alpha value is -2.57. The number of aryl methyl sites for hydroxylation is 1. The minimum absolute atomic E-state index is 0.390. The third-order valence-electron chi connectivity index (χ3n) is 2.54. The number of nitrogens with one attached hydrogen (secondary N) is 3. The highest BCUT2D eigenvalue weighted by atomic mass is 16.5. The molecule has 0 heterocycles. The van der Waals surface area contributed by atoms with E-state index in [2.05, 4.69) is 15.4 Å². The monoisotopic (exact) mass is 279 g/mol. The zero-order valence-electron chi connectivity index (χ0n) is 11.5. The Kier molecular flexibility index (Phi) is 5.52. The Morgan fingerprint density at radius 2 is 1.85 bits per heavy atom. The van der Waals surface area contributed by atoms with Crippen molar-refractivity contribution < 1.29 is 19.1 Å². The number of alkyl carbamates (subject to hydrolysis) is 1. The molecule has 0 radical (unpaired) electrons. The molecule has 3 N–H and O–H groups in total. The van der Waals surface area contributed by atoms with Gasteiger partial charge >= 0.3 is 12.1 Å². The summed E-state index contributed by atoms with van der Waals surface area (Å²) in [7, 11) is 1.14. The summed E-state index contributed by atoms with van der Waals surface area (Å²) in [4.78, 5) is 34.0. The summed E-state index contributed by atoms with van der Waals surface area (Å²) in [6.45, 7) is 3.36. The number of amides is 4. The van der Waals surface area contributed by atoms with E-state index < -0.39 is 18.2 Å². The van der Waals surface area contributed by atoms with Gasteiger partial charge in [0.2, 0.25) is 5.91 Å². The van der Waals surface area contributed by atoms with E-state index in [1.165, 1.54) is 6.92 Å². The molecule has 7 heteroatoms. The van der Waals surface area contributed by atoms with Crippen LogP contribution in [0.25, 0.3) is 0 Å². The highest BCUT2D eigenvalue weighted by Gasteiger charge is 2.17. The smallest absolute Gasteiger partial charge is 0.415 e. The fourth-order valence-corrected chi connectivity index (χ4v) is 1.40. The van der Waals surface area contributed by atoms with E-state index in [-0.39, 0.29) is 5.91 Å². The number of imide groups is 1. The van der Waals surface area contributed by atoms with Crippen molar-refractivity contribution in [3.8, 4) is 0 Å². The molecular formula is C13H17N3O4. The molecule has 20 heavy (non-hydrogen) atoms. The van der Waals surface area contributed by atoms with Crippen LogP contribution in [0.1, 0.15) is 12.5 Å². The van der Waals surface area contributed by atoms with Gasteiger partial charge in [-0.2, -0.15) is 0 Å². The lowest BCUT2D eigenvalue weighted by Gasteiger charge is -2.15. The molecule has 1 atom stereocenters. The number of ether oxygens (including phenoxy) is 1. The quantitative estimate of drug-likeness (QED) is 0.779. The van der Waals surface area contributed by atoms with E-state index in [9.17, 15) is 14.4 Å². The van der Waals surface area contributed by atoms with Crippen molar-refractivity contribution in [2.45, 2.75) is 19.9 Å². The molecule has 7 nitrogen and oxygen atoms in total. The second-order valence-corrected chi connectivity index (χ2v) is 4.12. The minimum atomic E-state index is -0.894. The second kappa shape index (κ2) is 7.13. The van der Waals surface area contributed by atoms with E-state index in [0.717, 1.165) is 12.7 Å². The number of carbonyl (C=O) groups is 3. The number of methoxy groups -OCH3 is 1. The van der Waals surface area contributed by atoms with Gasteiger partial charge in [-0.3, -0.25) is 4.79 Å². The summed E-state index contributed by atoms with van der Waals surface area (Å²) < 4.78 is 4.26. The van der Waals surface area contributed by atoms with Crippen molar-refractivity contribution in [3.05, 3.63) is 29.8 Å². The van der Waals surface area contributed by atoms with E-state index in [0.29, 0.717) is 5.69 Å². The molecule has 0 spiro atoms. The Balaban J connectivity index is 2.53. The van der Waals surface area contributed by atoms with Gasteiger partial charge in [-0.05, 0) is 25.5 Å². The Labute approximate surface area is 116 Å². The van der Waals surface area contributed by atoms with E-state index in [4.69, 9.17) is 0 Å². The second-order valence-electron chi connectivity index (χ2n) is 4.12. The van der Waals surface area contributed by atoms with Crippen LogP contribution in [-0.4, -0.2) is 31.2 Å². The number of carbonyl (C=O) groups excluding carboxylic acids is 3. The van der Waals surface area contributed by atoms with Crippen LogP contribution in [0.15, 0.2) is 24.3 Å². The van der Waals surface area contributed by atoms with Gasteiger partial charge < -0.3 is 15.4 Å². The number of benzene rings is 1. The van der Waals surface area contributed by atoms with Crippen molar-refractivity contribution in [2.24, 2.45) is 0 Å². The fraction of sp³-hybridized carbons (Fsp3) is 0.308. The van der Waals surface area contributed by atoms with Crippen LogP contribution in [0.2, 0.25) is 0 Å². The molecule has 0 aliphatic carbocycles. The van der Waals surface area contributed by atoms with Crippen molar-refractivity contribution in [3.63, 3.8) is 0 Å². The molecule has 1 unspecified atom stereocenters. The Morgan fingerprint density at radius 1 is 1.20 bits per heavy atom. The molecule has 0 aromatic heterocycles. The number of anilines is 1. The van der Waals surface area contributed by atoms with Crippen LogP contribution in [0.4, 0.5) is 15.3 Å². The Bertz CT molecular complexity index is 516. The first-order valence-corrected chi connectivity index (χ1v) is 5.96. The fourth-order valence-electron chi connectivity index (χ4n) is 1.40. The molecule has 0 saturated heterocycles. The zero-order valence-corrected chi connectivity index (χ0v) is 11.5. The van der Waals surface area contributed by atoms with E-state index in [1.54, 1.807) is 12.1 Å². The average Bonchev–Trinajstić information content (AvgIpc) is 2.40. The Morgan fingerprint density at radius 3 is 2.45 bits per heavy atom. The number of para-hydroxylation sites is 1. The molecule has 0 aliphatic heterocycles. The third kappa shape index (κ3) is 4.60. The van der Waals surface area contributed by atoms with Crippen molar-refractivity contribution in [1.82, 2.24) is 10.6 Å². The van der Waals surface area contributed by atoms with E-state index in [1.807, 2.05) is 24.4 Å². The van der Waals surface area contributed by atoms with Gasteiger partial charge in [-0.25, -0.2) is 14.9 Å². The van der Waals surface area contributed by atoms with Gasteiger partial charge in [0.25, 0.3) is 0 Å². The van der Waals surface area contributed by atoms with Gasteiger partial charge in [0.05, 0.1) is 7.11 Å². The predicted octanol–water partition coefficient (Wildman–Crippen LogP) is 1.39. The summed E-state index contributed by atoms with van der Waals surface area (Å²) >= 11 is 0. The highest BCUT2D eigenvalue weighted by Crippen LogP contribution is 2.13. The predicted molar refractivity (Wildman–Crippen MR) is 73.3 cm³/mol. The highest BCUT2D eigenvalue weighted by molar-refractivity contribution is 5.99. The van der Waals surface area contributed by atoms with Gasteiger partial charge in [-0.15, -0.1) is 0 Å². The maximum atomic E-state index is 11.9.